The summed E-state index contributed by atoms with van der Waals surface area (Å²) >= 11 is 0. The summed E-state index contributed by atoms with van der Waals surface area (Å²) in [6.45, 7) is 8.34. The molecule has 2 heteroatoms. The summed E-state index contributed by atoms with van der Waals surface area (Å²) in [5.41, 5.74) is 4.24. The minimum Gasteiger partial charge on any atom is -0.372 e. The Balaban J connectivity index is 2.06. The van der Waals surface area contributed by atoms with Crippen LogP contribution in [-0.2, 0) is 6.42 Å². The zero-order valence-corrected chi connectivity index (χ0v) is 14.3. The van der Waals surface area contributed by atoms with Crippen molar-refractivity contribution in [2.45, 2.75) is 27.2 Å². The summed E-state index contributed by atoms with van der Waals surface area (Å²) in [5.74, 6) is 0.0377. The van der Waals surface area contributed by atoms with Gasteiger partial charge in [0.15, 0.2) is 5.78 Å². The van der Waals surface area contributed by atoms with Crippen LogP contribution in [0.1, 0.15) is 42.3 Å². The number of ketones is 1. The fourth-order valence-electron chi connectivity index (χ4n) is 2.56. The van der Waals surface area contributed by atoms with Crippen LogP contribution in [0.5, 0.6) is 0 Å². The highest BCUT2D eigenvalue weighted by molar-refractivity contribution is 6.06. The molecular weight excluding hydrogens is 282 g/mol. The Hall–Kier alpha value is -2.35. The molecule has 0 saturated carbocycles. The Morgan fingerprint density at radius 2 is 1.52 bits per heavy atom. The molecule has 2 aromatic rings. The van der Waals surface area contributed by atoms with Crippen molar-refractivity contribution >= 4 is 17.5 Å². The van der Waals surface area contributed by atoms with Gasteiger partial charge in [-0.15, -0.1) is 0 Å². The fourth-order valence-corrected chi connectivity index (χ4v) is 2.56. The van der Waals surface area contributed by atoms with Gasteiger partial charge in [-0.1, -0.05) is 37.3 Å². The van der Waals surface area contributed by atoms with E-state index in [4.69, 9.17) is 0 Å². The van der Waals surface area contributed by atoms with Crippen molar-refractivity contribution in [3.8, 4) is 0 Å². The van der Waals surface area contributed by atoms with Gasteiger partial charge in [-0.2, -0.15) is 0 Å². The number of aryl methyl sites for hydroxylation is 1. The van der Waals surface area contributed by atoms with Crippen molar-refractivity contribution in [1.82, 2.24) is 0 Å². The van der Waals surface area contributed by atoms with E-state index in [1.165, 1.54) is 5.56 Å². The number of hydrogen-bond donors (Lipinski definition) is 0. The highest BCUT2D eigenvalue weighted by Crippen LogP contribution is 2.16. The van der Waals surface area contributed by atoms with Crippen molar-refractivity contribution in [1.29, 1.82) is 0 Å². The first-order chi connectivity index (χ1) is 11.2. The molecule has 0 spiro atoms. The Morgan fingerprint density at radius 3 is 2.04 bits per heavy atom. The molecule has 0 aromatic heterocycles. The van der Waals surface area contributed by atoms with Gasteiger partial charge >= 0.3 is 0 Å². The van der Waals surface area contributed by atoms with Crippen LogP contribution < -0.4 is 4.90 Å². The number of carbonyl (C=O) groups excluding carboxylic acids is 1. The quantitative estimate of drug-likeness (QED) is 0.530. The zero-order valence-electron chi connectivity index (χ0n) is 14.3. The summed E-state index contributed by atoms with van der Waals surface area (Å²) in [4.78, 5) is 14.5. The Kier molecular flexibility index (Phi) is 6.16. The zero-order chi connectivity index (χ0) is 16.7. The second kappa shape index (κ2) is 8.33. The van der Waals surface area contributed by atoms with E-state index in [-0.39, 0.29) is 5.78 Å². The van der Waals surface area contributed by atoms with Crippen LogP contribution in [0.25, 0.3) is 6.08 Å². The number of benzene rings is 2. The van der Waals surface area contributed by atoms with Gasteiger partial charge < -0.3 is 4.90 Å². The van der Waals surface area contributed by atoms with Crippen molar-refractivity contribution in [2.24, 2.45) is 0 Å². The van der Waals surface area contributed by atoms with Gasteiger partial charge in [-0.05, 0) is 61.7 Å². The van der Waals surface area contributed by atoms with Gasteiger partial charge in [-0.25, -0.2) is 0 Å². The first-order valence-electron chi connectivity index (χ1n) is 8.34. The van der Waals surface area contributed by atoms with E-state index in [1.54, 1.807) is 6.08 Å². The largest absolute Gasteiger partial charge is 0.372 e. The number of allylic oxidation sites excluding steroid dienone is 1. The molecule has 0 aliphatic carbocycles. The lowest BCUT2D eigenvalue weighted by atomic mass is 10.1. The van der Waals surface area contributed by atoms with E-state index in [1.807, 2.05) is 42.5 Å². The minimum atomic E-state index is 0.0377. The first-order valence-corrected chi connectivity index (χ1v) is 8.34. The molecule has 0 radical (unpaired) electrons. The van der Waals surface area contributed by atoms with Crippen molar-refractivity contribution in [3.63, 3.8) is 0 Å². The highest BCUT2D eigenvalue weighted by atomic mass is 16.1. The molecule has 2 aromatic carbocycles. The summed E-state index contributed by atoms with van der Waals surface area (Å²) in [7, 11) is 0. The molecule has 0 aliphatic heterocycles. The summed E-state index contributed by atoms with van der Waals surface area (Å²) in [6.07, 6.45) is 4.55. The summed E-state index contributed by atoms with van der Waals surface area (Å²) in [6, 6.07) is 16.1. The standard InChI is InChI=1S/C21H25NO/c1-4-17-7-9-18(10-8-17)11-16-21(23)19-12-14-20(15-13-19)22(5-2)6-3/h7-16H,4-6H2,1-3H3. The van der Waals surface area contributed by atoms with Crippen molar-refractivity contribution < 1.29 is 4.79 Å². The van der Waals surface area contributed by atoms with Crippen LogP contribution >= 0.6 is 0 Å². The van der Waals surface area contributed by atoms with Gasteiger partial charge in [0, 0.05) is 24.3 Å². The number of nitrogens with zero attached hydrogens (tertiary/aromatic N) is 1. The van der Waals surface area contributed by atoms with Crippen LogP contribution in [-0.4, -0.2) is 18.9 Å². The molecule has 0 saturated heterocycles. The number of hydrogen-bond acceptors (Lipinski definition) is 2. The van der Waals surface area contributed by atoms with Crippen molar-refractivity contribution in [3.05, 3.63) is 71.3 Å². The van der Waals surface area contributed by atoms with Crippen LogP contribution in [0, 0.1) is 0 Å². The summed E-state index contributed by atoms with van der Waals surface area (Å²) < 4.78 is 0. The molecule has 23 heavy (non-hydrogen) atoms. The molecule has 2 rings (SSSR count). The SMILES string of the molecule is CCc1ccc(C=CC(=O)c2ccc(N(CC)CC)cc2)cc1. The van der Waals surface area contributed by atoms with E-state index in [0.717, 1.165) is 36.3 Å². The van der Waals surface area contributed by atoms with Crippen LogP contribution in [0.4, 0.5) is 5.69 Å². The Morgan fingerprint density at radius 1 is 0.913 bits per heavy atom. The molecule has 0 unspecified atom stereocenters. The van der Waals surface area contributed by atoms with E-state index in [0.29, 0.717) is 0 Å². The second-order valence-corrected chi connectivity index (χ2v) is 5.51. The van der Waals surface area contributed by atoms with Gasteiger partial charge in [0.25, 0.3) is 0 Å². The predicted molar refractivity (Wildman–Crippen MR) is 99.2 cm³/mol. The second-order valence-electron chi connectivity index (χ2n) is 5.51. The first kappa shape index (κ1) is 17.0. The van der Waals surface area contributed by atoms with Gasteiger partial charge in [0.2, 0.25) is 0 Å². The molecule has 0 heterocycles. The minimum absolute atomic E-state index is 0.0377. The number of anilines is 1. The Bertz CT molecular complexity index is 649. The average molecular weight is 307 g/mol. The van der Waals surface area contributed by atoms with Crippen molar-refractivity contribution in [2.75, 3.05) is 18.0 Å². The lowest BCUT2D eigenvalue weighted by Crippen LogP contribution is -2.21. The van der Waals surface area contributed by atoms with E-state index in [2.05, 4.69) is 37.8 Å². The molecule has 0 aliphatic rings. The molecule has 0 N–H and O–H groups in total. The third-order valence-corrected chi connectivity index (χ3v) is 4.10. The molecule has 0 atom stereocenters. The van der Waals surface area contributed by atoms with Gasteiger partial charge in [0.1, 0.15) is 0 Å². The maximum Gasteiger partial charge on any atom is 0.185 e. The Labute approximate surface area is 139 Å². The number of carbonyl (C=O) groups is 1. The molecule has 0 amide bonds. The van der Waals surface area contributed by atoms with Crippen LogP contribution in [0.2, 0.25) is 0 Å². The van der Waals surface area contributed by atoms with E-state index < -0.39 is 0 Å². The number of rotatable bonds is 7. The maximum atomic E-state index is 12.3. The topological polar surface area (TPSA) is 20.3 Å². The lowest BCUT2D eigenvalue weighted by molar-refractivity contribution is 0.104. The maximum absolute atomic E-state index is 12.3. The van der Waals surface area contributed by atoms with Crippen LogP contribution in [0.15, 0.2) is 54.6 Å². The lowest BCUT2D eigenvalue weighted by Gasteiger charge is -2.20. The fraction of sp³-hybridized carbons (Fsp3) is 0.286. The monoisotopic (exact) mass is 307 g/mol. The van der Waals surface area contributed by atoms with Crippen LogP contribution in [0.3, 0.4) is 0 Å². The molecule has 120 valence electrons. The smallest absolute Gasteiger partial charge is 0.185 e. The molecule has 2 nitrogen and oxygen atoms in total. The highest BCUT2D eigenvalue weighted by Gasteiger charge is 2.05. The normalized spacial score (nSPS) is 10.9. The van der Waals surface area contributed by atoms with E-state index >= 15 is 0 Å². The summed E-state index contributed by atoms with van der Waals surface area (Å²) in [5, 5.41) is 0. The molecular formula is C21H25NO. The third-order valence-electron chi connectivity index (χ3n) is 4.10. The average Bonchev–Trinajstić information content (AvgIpc) is 2.61. The van der Waals surface area contributed by atoms with E-state index in [9.17, 15) is 4.79 Å². The van der Waals surface area contributed by atoms with Gasteiger partial charge in [0.05, 0.1) is 0 Å². The molecule has 0 bridgehead atoms. The third kappa shape index (κ3) is 4.56. The predicted octanol–water partition coefficient (Wildman–Crippen LogP) is 4.99. The van der Waals surface area contributed by atoms with Gasteiger partial charge in [-0.3, -0.25) is 4.79 Å². The molecule has 0 fully saturated rings.